The predicted molar refractivity (Wildman–Crippen MR) is 60.9 cm³/mol. The Morgan fingerprint density at radius 3 is 2.76 bits per heavy atom. The predicted octanol–water partition coefficient (Wildman–Crippen LogP) is 1.48. The van der Waals surface area contributed by atoms with Crippen LogP contribution < -0.4 is 5.32 Å². The molecule has 2 N–H and O–H groups in total. The molecule has 7 heteroatoms. The van der Waals surface area contributed by atoms with E-state index in [-0.39, 0.29) is 22.4 Å². The van der Waals surface area contributed by atoms with Crippen molar-refractivity contribution in [3.63, 3.8) is 0 Å². The first-order chi connectivity index (χ1) is 8.16. The van der Waals surface area contributed by atoms with Crippen molar-refractivity contribution in [2.45, 2.75) is 0 Å². The van der Waals surface area contributed by atoms with E-state index in [4.69, 9.17) is 11.6 Å². The standard InChI is InChI=1S/C10H7ClN4O2/c11-7-4-14-8(5-13-7)15-10(17)9-6(16)2-1-3-12-9/h1-5,16H,(H,14,15,17). The normalized spacial score (nSPS) is 9.94. The first-order valence-electron chi connectivity index (χ1n) is 4.59. The van der Waals surface area contributed by atoms with Crippen molar-refractivity contribution in [1.29, 1.82) is 0 Å². The van der Waals surface area contributed by atoms with Crippen molar-refractivity contribution in [2.24, 2.45) is 0 Å². The van der Waals surface area contributed by atoms with Gasteiger partial charge >= 0.3 is 0 Å². The van der Waals surface area contributed by atoms with Crippen LogP contribution in [0.15, 0.2) is 30.7 Å². The van der Waals surface area contributed by atoms with Crippen LogP contribution >= 0.6 is 11.6 Å². The van der Waals surface area contributed by atoms with E-state index in [9.17, 15) is 9.90 Å². The first kappa shape index (κ1) is 11.3. The molecule has 0 atom stereocenters. The Balaban J connectivity index is 2.17. The summed E-state index contributed by atoms with van der Waals surface area (Å²) in [6, 6.07) is 2.89. The highest BCUT2D eigenvalue weighted by Gasteiger charge is 2.12. The average Bonchev–Trinajstić information content (AvgIpc) is 2.32. The number of hydrogen-bond acceptors (Lipinski definition) is 5. The monoisotopic (exact) mass is 250 g/mol. The minimum atomic E-state index is -0.570. The lowest BCUT2D eigenvalue weighted by atomic mass is 10.3. The minimum Gasteiger partial charge on any atom is -0.505 e. The topological polar surface area (TPSA) is 88.0 Å². The van der Waals surface area contributed by atoms with Gasteiger partial charge in [0.15, 0.2) is 11.5 Å². The number of aromatic hydroxyl groups is 1. The molecule has 86 valence electrons. The Hall–Kier alpha value is -2.21. The number of halogens is 1. The third kappa shape index (κ3) is 2.67. The van der Waals surface area contributed by atoms with Crippen LogP contribution in [0.4, 0.5) is 5.82 Å². The quantitative estimate of drug-likeness (QED) is 0.843. The van der Waals surface area contributed by atoms with Crippen LogP contribution in [0.25, 0.3) is 0 Å². The molecule has 2 aromatic rings. The SMILES string of the molecule is O=C(Nc1cnc(Cl)cn1)c1ncccc1O. The number of nitrogens with zero attached hydrogens (tertiary/aromatic N) is 3. The number of amides is 1. The summed E-state index contributed by atoms with van der Waals surface area (Å²) in [4.78, 5) is 23.0. The lowest BCUT2D eigenvalue weighted by Crippen LogP contribution is -2.14. The molecule has 1 amide bonds. The average molecular weight is 251 g/mol. The molecule has 0 aromatic carbocycles. The van der Waals surface area contributed by atoms with Gasteiger partial charge in [-0.15, -0.1) is 0 Å². The van der Waals surface area contributed by atoms with Crippen LogP contribution in [0, 0.1) is 0 Å². The van der Waals surface area contributed by atoms with E-state index in [1.54, 1.807) is 0 Å². The maximum Gasteiger partial charge on any atom is 0.279 e. The molecule has 2 heterocycles. The van der Waals surface area contributed by atoms with Crippen LogP contribution in [0.5, 0.6) is 5.75 Å². The maximum atomic E-state index is 11.7. The summed E-state index contributed by atoms with van der Waals surface area (Å²) in [7, 11) is 0. The van der Waals surface area contributed by atoms with Gasteiger partial charge in [-0.05, 0) is 12.1 Å². The third-order valence-electron chi connectivity index (χ3n) is 1.86. The van der Waals surface area contributed by atoms with E-state index in [1.807, 2.05) is 0 Å². The number of nitrogens with one attached hydrogen (secondary N) is 1. The van der Waals surface area contributed by atoms with Crippen LogP contribution in [0.2, 0.25) is 5.15 Å². The van der Waals surface area contributed by atoms with Gasteiger partial charge in [0.05, 0.1) is 12.4 Å². The Labute approximate surface area is 101 Å². The Morgan fingerprint density at radius 2 is 2.12 bits per heavy atom. The molecule has 0 saturated heterocycles. The highest BCUT2D eigenvalue weighted by Crippen LogP contribution is 2.14. The molecule has 2 aromatic heterocycles. The lowest BCUT2D eigenvalue weighted by Gasteiger charge is -2.04. The first-order valence-corrected chi connectivity index (χ1v) is 4.97. The van der Waals surface area contributed by atoms with Crippen molar-refractivity contribution >= 4 is 23.3 Å². The number of rotatable bonds is 2. The third-order valence-corrected chi connectivity index (χ3v) is 2.06. The number of carbonyl (C=O) groups is 1. The fourth-order valence-electron chi connectivity index (χ4n) is 1.12. The molecule has 0 radical (unpaired) electrons. The molecule has 2 rings (SSSR count). The Morgan fingerprint density at radius 1 is 1.29 bits per heavy atom. The van der Waals surface area contributed by atoms with Crippen LogP contribution in [0.1, 0.15) is 10.5 Å². The van der Waals surface area contributed by atoms with Crippen LogP contribution in [-0.2, 0) is 0 Å². The zero-order chi connectivity index (χ0) is 12.3. The second kappa shape index (κ2) is 4.75. The number of pyridine rings is 1. The molecule has 0 aliphatic carbocycles. The summed E-state index contributed by atoms with van der Waals surface area (Å²) in [5.41, 5.74) is -0.0794. The fourth-order valence-corrected chi connectivity index (χ4v) is 1.22. The molecule has 0 aliphatic rings. The number of hydrogen-bond donors (Lipinski definition) is 2. The van der Waals surface area contributed by atoms with Gasteiger partial charge in [-0.3, -0.25) is 4.79 Å². The summed E-state index contributed by atoms with van der Waals surface area (Å²) >= 11 is 5.55. The highest BCUT2D eigenvalue weighted by molar-refractivity contribution is 6.29. The van der Waals surface area contributed by atoms with Crippen LogP contribution in [-0.4, -0.2) is 26.0 Å². The van der Waals surface area contributed by atoms with Crippen molar-refractivity contribution in [3.05, 3.63) is 41.6 Å². The molecular formula is C10H7ClN4O2. The van der Waals surface area contributed by atoms with E-state index < -0.39 is 5.91 Å². The van der Waals surface area contributed by atoms with Gasteiger partial charge < -0.3 is 10.4 Å². The van der Waals surface area contributed by atoms with E-state index in [1.165, 1.54) is 30.7 Å². The molecule has 0 fully saturated rings. The minimum absolute atomic E-state index is 0.0794. The number of anilines is 1. The van der Waals surface area contributed by atoms with Gasteiger partial charge in [0.25, 0.3) is 5.91 Å². The molecular weight excluding hydrogens is 244 g/mol. The highest BCUT2D eigenvalue weighted by atomic mass is 35.5. The number of aromatic nitrogens is 3. The molecule has 0 bridgehead atoms. The van der Waals surface area contributed by atoms with Crippen LogP contribution in [0.3, 0.4) is 0 Å². The smallest absolute Gasteiger partial charge is 0.279 e. The molecule has 6 nitrogen and oxygen atoms in total. The van der Waals surface area contributed by atoms with Crippen molar-refractivity contribution in [1.82, 2.24) is 15.0 Å². The lowest BCUT2D eigenvalue weighted by molar-refractivity contribution is 0.101. The van der Waals surface area contributed by atoms with Gasteiger partial charge in [0.1, 0.15) is 10.9 Å². The van der Waals surface area contributed by atoms with Gasteiger partial charge in [-0.25, -0.2) is 15.0 Å². The fraction of sp³-hybridized carbons (Fsp3) is 0. The molecule has 17 heavy (non-hydrogen) atoms. The Bertz CT molecular complexity index is 544. The molecule has 0 aliphatic heterocycles. The Kier molecular flexibility index (Phi) is 3.15. The van der Waals surface area contributed by atoms with E-state index in [0.717, 1.165) is 0 Å². The molecule has 0 unspecified atom stereocenters. The zero-order valence-corrected chi connectivity index (χ0v) is 9.22. The van der Waals surface area contributed by atoms with Crippen molar-refractivity contribution in [2.75, 3.05) is 5.32 Å². The van der Waals surface area contributed by atoms with Gasteiger partial charge in [0.2, 0.25) is 0 Å². The maximum absolute atomic E-state index is 11.7. The van der Waals surface area contributed by atoms with E-state index >= 15 is 0 Å². The molecule has 0 saturated carbocycles. The summed E-state index contributed by atoms with van der Waals surface area (Å²) in [5, 5.41) is 12.1. The van der Waals surface area contributed by atoms with Gasteiger partial charge in [0, 0.05) is 6.20 Å². The summed E-state index contributed by atoms with van der Waals surface area (Å²) in [6.45, 7) is 0. The summed E-state index contributed by atoms with van der Waals surface area (Å²) in [6.07, 6.45) is 4.01. The van der Waals surface area contributed by atoms with Gasteiger partial charge in [-0.1, -0.05) is 11.6 Å². The second-order valence-electron chi connectivity index (χ2n) is 3.05. The van der Waals surface area contributed by atoms with E-state index in [0.29, 0.717) is 0 Å². The summed E-state index contributed by atoms with van der Waals surface area (Å²) < 4.78 is 0. The zero-order valence-electron chi connectivity index (χ0n) is 8.46. The van der Waals surface area contributed by atoms with Gasteiger partial charge in [-0.2, -0.15) is 0 Å². The largest absolute Gasteiger partial charge is 0.505 e. The van der Waals surface area contributed by atoms with E-state index in [2.05, 4.69) is 20.3 Å². The summed E-state index contributed by atoms with van der Waals surface area (Å²) in [5.74, 6) is -0.545. The number of carbonyl (C=O) groups excluding carboxylic acids is 1. The second-order valence-corrected chi connectivity index (χ2v) is 3.44. The molecule has 0 spiro atoms. The van der Waals surface area contributed by atoms with Crippen molar-refractivity contribution < 1.29 is 9.90 Å². The van der Waals surface area contributed by atoms with Crippen molar-refractivity contribution in [3.8, 4) is 5.75 Å².